The van der Waals surface area contributed by atoms with Crippen LogP contribution in [-0.2, 0) is 0 Å². The van der Waals surface area contributed by atoms with Crippen molar-refractivity contribution >= 4 is 44.8 Å². The molecule has 1 unspecified atom stereocenters. The van der Waals surface area contributed by atoms with E-state index in [1.807, 2.05) is 0 Å². The summed E-state index contributed by atoms with van der Waals surface area (Å²) in [5, 5.41) is 4.09. The summed E-state index contributed by atoms with van der Waals surface area (Å²) in [6.07, 6.45) is -0.446. The number of halogens is 4. The molecular formula is C14H9BrCl2FNO. The topological polar surface area (TPSA) is 21.3 Å². The van der Waals surface area contributed by atoms with E-state index in [1.54, 1.807) is 24.3 Å². The molecule has 0 radical (unpaired) electrons. The molecule has 0 bridgehead atoms. The minimum Gasteiger partial charge on any atom is -0.480 e. The van der Waals surface area contributed by atoms with Crippen molar-refractivity contribution in [3.63, 3.8) is 0 Å². The maximum atomic E-state index is 13.9. The average molecular weight is 377 g/mol. The maximum absolute atomic E-state index is 13.9. The van der Waals surface area contributed by atoms with Crippen LogP contribution in [0.3, 0.4) is 0 Å². The largest absolute Gasteiger partial charge is 0.480 e. The van der Waals surface area contributed by atoms with E-state index in [0.717, 1.165) is 4.47 Å². The Morgan fingerprint density at radius 2 is 2.05 bits per heavy atom. The highest BCUT2D eigenvalue weighted by Gasteiger charge is 2.25. The molecule has 1 atom stereocenters. The van der Waals surface area contributed by atoms with Gasteiger partial charge in [-0.15, -0.1) is 0 Å². The molecule has 1 N–H and O–H groups in total. The maximum Gasteiger partial charge on any atom is 0.162 e. The van der Waals surface area contributed by atoms with Gasteiger partial charge in [0, 0.05) is 15.1 Å². The Morgan fingerprint density at radius 3 is 2.85 bits per heavy atom. The third-order valence-corrected chi connectivity index (χ3v) is 4.04. The van der Waals surface area contributed by atoms with Crippen molar-refractivity contribution in [2.24, 2.45) is 0 Å². The smallest absolute Gasteiger partial charge is 0.162 e. The van der Waals surface area contributed by atoms with Crippen molar-refractivity contribution < 1.29 is 9.13 Å². The minimum absolute atomic E-state index is 0.312. The molecule has 1 aliphatic rings. The van der Waals surface area contributed by atoms with Gasteiger partial charge >= 0.3 is 0 Å². The van der Waals surface area contributed by atoms with Crippen LogP contribution >= 0.6 is 39.1 Å². The lowest BCUT2D eigenvalue weighted by Gasteiger charge is -2.28. The van der Waals surface area contributed by atoms with Crippen LogP contribution in [0.4, 0.5) is 10.1 Å². The Balaban J connectivity index is 1.98. The van der Waals surface area contributed by atoms with E-state index >= 15 is 0 Å². The molecule has 1 heterocycles. The molecule has 0 amide bonds. The van der Waals surface area contributed by atoms with Gasteiger partial charge in [-0.3, -0.25) is 0 Å². The molecular weight excluding hydrogens is 368 g/mol. The lowest BCUT2D eigenvalue weighted by Crippen LogP contribution is -2.24. The number of nitrogens with one attached hydrogen (secondary N) is 1. The van der Waals surface area contributed by atoms with E-state index < -0.39 is 6.10 Å². The molecule has 0 aliphatic carbocycles. The zero-order valence-corrected chi connectivity index (χ0v) is 13.2. The first-order valence-electron chi connectivity index (χ1n) is 5.89. The highest BCUT2D eigenvalue weighted by molar-refractivity contribution is 9.10. The van der Waals surface area contributed by atoms with Crippen molar-refractivity contribution in [1.29, 1.82) is 0 Å². The predicted octanol–water partition coefficient (Wildman–Crippen LogP) is 5.44. The summed E-state index contributed by atoms with van der Waals surface area (Å²) >= 11 is 15.4. The van der Waals surface area contributed by atoms with Gasteiger partial charge in [-0.05, 0) is 30.3 Å². The first-order chi connectivity index (χ1) is 9.54. The highest BCUT2D eigenvalue weighted by atomic mass is 79.9. The van der Waals surface area contributed by atoms with Crippen LogP contribution in [0.5, 0.6) is 5.75 Å². The number of hydrogen-bond acceptors (Lipinski definition) is 2. The van der Waals surface area contributed by atoms with Gasteiger partial charge < -0.3 is 10.1 Å². The quantitative estimate of drug-likeness (QED) is 0.715. The van der Waals surface area contributed by atoms with Gasteiger partial charge in [-0.25, -0.2) is 4.39 Å². The van der Waals surface area contributed by atoms with Gasteiger partial charge in [0.1, 0.15) is 11.9 Å². The molecule has 2 aromatic rings. The van der Waals surface area contributed by atoms with Crippen LogP contribution in [-0.4, -0.2) is 6.54 Å². The summed E-state index contributed by atoms with van der Waals surface area (Å²) in [6.45, 7) is 0.442. The average Bonchev–Trinajstić information content (AvgIpc) is 2.41. The third-order valence-electron chi connectivity index (χ3n) is 3.05. The zero-order chi connectivity index (χ0) is 14.3. The summed E-state index contributed by atoms with van der Waals surface area (Å²) in [5.74, 6) is 0.181. The summed E-state index contributed by atoms with van der Waals surface area (Å²) in [5.41, 5.74) is 1.19. The molecule has 1 aliphatic heterocycles. The number of anilines is 1. The number of hydrogen-bond donors (Lipinski definition) is 1. The monoisotopic (exact) mass is 375 g/mol. The molecule has 2 nitrogen and oxygen atoms in total. The lowest BCUT2D eigenvalue weighted by molar-refractivity contribution is 0.205. The molecule has 0 spiro atoms. The molecule has 2 aromatic carbocycles. The summed E-state index contributed by atoms with van der Waals surface area (Å²) in [7, 11) is 0. The van der Waals surface area contributed by atoms with Crippen LogP contribution in [0.15, 0.2) is 34.8 Å². The van der Waals surface area contributed by atoms with Crippen LogP contribution in [0.2, 0.25) is 10.0 Å². The SMILES string of the molecule is Fc1ccc(Br)cc1C1CNc2cc(Cl)cc(Cl)c2O1. The van der Waals surface area contributed by atoms with Gasteiger partial charge in [-0.2, -0.15) is 0 Å². The first kappa shape index (κ1) is 14.0. The molecule has 0 fully saturated rings. The van der Waals surface area contributed by atoms with Crippen molar-refractivity contribution in [3.8, 4) is 5.75 Å². The Bertz CT molecular complexity index is 680. The third kappa shape index (κ3) is 2.60. The molecule has 6 heteroatoms. The fourth-order valence-corrected chi connectivity index (χ4v) is 3.05. The zero-order valence-electron chi connectivity index (χ0n) is 10.1. The second kappa shape index (κ2) is 5.43. The number of rotatable bonds is 1. The Labute approximate surface area is 134 Å². The Morgan fingerprint density at radius 1 is 1.25 bits per heavy atom. The second-order valence-electron chi connectivity index (χ2n) is 4.42. The summed E-state index contributed by atoms with van der Waals surface area (Å²) in [4.78, 5) is 0. The minimum atomic E-state index is -0.446. The highest BCUT2D eigenvalue weighted by Crippen LogP contribution is 2.42. The lowest BCUT2D eigenvalue weighted by atomic mass is 10.1. The van der Waals surface area contributed by atoms with E-state index in [4.69, 9.17) is 27.9 Å². The molecule has 0 saturated carbocycles. The fourth-order valence-electron chi connectivity index (χ4n) is 2.13. The van der Waals surface area contributed by atoms with Crippen LogP contribution in [0.25, 0.3) is 0 Å². The molecule has 20 heavy (non-hydrogen) atoms. The van der Waals surface area contributed by atoms with E-state index in [1.165, 1.54) is 6.07 Å². The van der Waals surface area contributed by atoms with Crippen LogP contribution < -0.4 is 10.1 Å². The second-order valence-corrected chi connectivity index (χ2v) is 6.18. The number of ether oxygens (including phenoxy) is 1. The van der Waals surface area contributed by atoms with Crippen molar-refractivity contribution in [2.75, 3.05) is 11.9 Å². The van der Waals surface area contributed by atoms with E-state index in [-0.39, 0.29) is 5.82 Å². The van der Waals surface area contributed by atoms with Gasteiger partial charge in [-0.1, -0.05) is 39.1 Å². The van der Waals surface area contributed by atoms with Crippen LogP contribution in [0.1, 0.15) is 11.7 Å². The van der Waals surface area contributed by atoms with Crippen molar-refractivity contribution in [2.45, 2.75) is 6.10 Å². The molecule has 104 valence electrons. The van der Waals surface area contributed by atoms with E-state index in [9.17, 15) is 4.39 Å². The van der Waals surface area contributed by atoms with Crippen molar-refractivity contribution in [1.82, 2.24) is 0 Å². The Hall–Kier alpha value is -0.970. The van der Waals surface area contributed by atoms with E-state index in [0.29, 0.717) is 33.6 Å². The molecule has 3 rings (SSSR count). The van der Waals surface area contributed by atoms with Gasteiger partial charge in [0.25, 0.3) is 0 Å². The standard InChI is InChI=1S/C14H9BrCl2FNO/c15-7-1-2-11(18)9(3-7)13-6-19-12-5-8(16)4-10(17)14(12)20-13/h1-5,13,19H,6H2. The van der Waals surface area contributed by atoms with Crippen LogP contribution in [0, 0.1) is 5.82 Å². The molecule has 0 aromatic heterocycles. The number of benzene rings is 2. The normalized spacial score (nSPS) is 17.1. The number of fused-ring (bicyclic) bond motifs is 1. The summed E-state index contributed by atoms with van der Waals surface area (Å²) in [6, 6.07) is 8.09. The first-order valence-corrected chi connectivity index (χ1v) is 7.44. The Kier molecular flexibility index (Phi) is 3.80. The fraction of sp³-hybridized carbons (Fsp3) is 0.143. The van der Waals surface area contributed by atoms with Crippen molar-refractivity contribution in [3.05, 3.63) is 56.2 Å². The van der Waals surface area contributed by atoms with Gasteiger partial charge in [0.05, 0.1) is 17.3 Å². The van der Waals surface area contributed by atoms with Gasteiger partial charge in [0.15, 0.2) is 5.75 Å². The van der Waals surface area contributed by atoms with E-state index in [2.05, 4.69) is 21.2 Å². The van der Waals surface area contributed by atoms with Gasteiger partial charge in [0.2, 0.25) is 0 Å². The molecule has 0 saturated heterocycles. The summed E-state index contributed by atoms with van der Waals surface area (Å²) < 4.78 is 20.5. The predicted molar refractivity (Wildman–Crippen MR) is 82.4 cm³/mol.